The van der Waals surface area contributed by atoms with Crippen molar-refractivity contribution in [3.8, 4) is 0 Å². The molecular weight excluding hydrogens is 450 g/mol. The van der Waals surface area contributed by atoms with Gasteiger partial charge in [-0.25, -0.2) is 0 Å². The number of nitrogens with zero attached hydrogens (tertiary/aromatic N) is 1. The van der Waals surface area contributed by atoms with Crippen molar-refractivity contribution in [1.82, 2.24) is 4.90 Å². The van der Waals surface area contributed by atoms with Gasteiger partial charge in [-0.15, -0.1) is 0 Å². The van der Waals surface area contributed by atoms with Crippen molar-refractivity contribution in [3.05, 3.63) is 47.5 Å². The number of carboxylic acids is 1. The van der Waals surface area contributed by atoms with E-state index < -0.39 is 11.4 Å². The first-order valence-electron chi connectivity index (χ1n) is 13.9. The lowest BCUT2D eigenvalue weighted by atomic mass is 9.34. The maximum atomic E-state index is 14.2. The van der Waals surface area contributed by atoms with E-state index in [2.05, 4.69) is 26.8 Å². The minimum atomic E-state index is -0.718. The number of carbonyl (C=O) groups is 3. The number of rotatable bonds is 4. The number of fused-ring (bicyclic) bond motifs is 1. The molecular formula is C31H39NO4. The monoisotopic (exact) mass is 489 g/mol. The van der Waals surface area contributed by atoms with E-state index in [-0.39, 0.29) is 52.2 Å². The molecule has 5 aliphatic carbocycles. The van der Waals surface area contributed by atoms with Gasteiger partial charge in [-0.3, -0.25) is 19.3 Å². The second-order valence-electron chi connectivity index (χ2n) is 13.2. The molecule has 0 unspecified atom stereocenters. The lowest BCUT2D eigenvalue weighted by Crippen LogP contribution is -2.65. The second-order valence-corrected chi connectivity index (χ2v) is 13.2. The summed E-state index contributed by atoms with van der Waals surface area (Å²) in [6, 6.07) is 9.82. The third-order valence-corrected chi connectivity index (χ3v) is 11.4. The lowest BCUT2D eigenvalue weighted by Gasteiger charge is -2.68. The number of amides is 2. The number of hydrogen-bond donors (Lipinski definition) is 1. The van der Waals surface area contributed by atoms with Crippen molar-refractivity contribution in [2.75, 3.05) is 0 Å². The van der Waals surface area contributed by atoms with Gasteiger partial charge in [0, 0.05) is 5.41 Å². The summed E-state index contributed by atoms with van der Waals surface area (Å²) in [5.74, 6) is -0.486. The minimum absolute atomic E-state index is 0.00136. The lowest BCUT2D eigenvalue weighted by molar-refractivity contribution is -0.194. The molecule has 192 valence electrons. The number of imide groups is 1. The van der Waals surface area contributed by atoms with E-state index in [4.69, 9.17) is 0 Å². The third kappa shape index (κ3) is 2.92. The van der Waals surface area contributed by atoms with Crippen molar-refractivity contribution >= 4 is 17.8 Å². The highest BCUT2D eigenvalue weighted by Gasteiger charge is 2.73. The summed E-state index contributed by atoms with van der Waals surface area (Å²) < 4.78 is 0. The quantitative estimate of drug-likeness (QED) is 0.435. The van der Waals surface area contributed by atoms with E-state index >= 15 is 0 Å². The highest BCUT2D eigenvalue weighted by atomic mass is 16.4. The van der Waals surface area contributed by atoms with Crippen LogP contribution in [-0.2, 0) is 20.9 Å². The summed E-state index contributed by atoms with van der Waals surface area (Å²) in [5.41, 5.74) is 1.14. The Balaban J connectivity index is 1.45. The molecule has 2 bridgehead atoms. The van der Waals surface area contributed by atoms with E-state index in [1.54, 1.807) is 4.90 Å². The van der Waals surface area contributed by atoms with Crippen LogP contribution >= 0.6 is 0 Å². The Morgan fingerprint density at radius 1 is 1.06 bits per heavy atom. The van der Waals surface area contributed by atoms with Crippen molar-refractivity contribution in [2.24, 2.45) is 51.8 Å². The van der Waals surface area contributed by atoms with Gasteiger partial charge in [-0.2, -0.15) is 0 Å². The number of carboxylic acid groups (broad SMARTS) is 1. The molecule has 0 radical (unpaired) electrons. The largest absolute Gasteiger partial charge is 0.481 e. The predicted octanol–water partition coefficient (Wildman–Crippen LogP) is 5.70. The zero-order valence-corrected chi connectivity index (χ0v) is 22.0. The van der Waals surface area contributed by atoms with E-state index in [0.29, 0.717) is 12.5 Å². The minimum Gasteiger partial charge on any atom is -0.481 e. The average molecular weight is 490 g/mol. The third-order valence-electron chi connectivity index (χ3n) is 11.4. The molecule has 2 amide bonds. The molecule has 1 N–H and O–H groups in total. The Labute approximate surface area is 214 Å². The van der Waals surface area contributed by atoms with Gasteiger partial charge in [0.2, 0.25) is 11.8 Å². The molecule has 5 nitrogen and oxygen atoms in total. The van der Waals surface area contributed by atoms with Gasteiger partial charge in [0.05, 0.1) is 23.8 Å². The van der Waals surface area contributed by atoms with E-state index in [0.717, 1.165) is 44.1 Å². The highest BCUT2D eigenvalue weighted by molar-refractivity contribution is 6.06. The summed E-state index contributed by atoms with van der Waals surface area (Å²) in [6.07, 6.45) is 7.63. The Kier molecular flexibility index (Phi) is 5.18. The first kappa shape index (κ1) is 23.9. The number of carbonyl (C=O) groups excluding carboxylic acids is 2. The van der Waals surface area contributed by atoms with Crippen LogP contribution in [0.1, 0.15) is 71.8 Å². The van der Waals surface area contributed by atoms with Crippen LogP contribution in [-0.4, -0.2) is 27.8 Å². The van der Waals surface area contributed by atoms with Gasteiger partial charge >= 0.3 is 5.97 Å². The number of benzene rings is 1. The number of hydrogen-bond acceptors (Lipinski definition) is 3. The average Bonchev–Trinajstić information content (AvgIpc) is 3.11. The summed E-state index contributed by atoms with van der Waals surface area (Å²) >= 11 is 0. The van der Waals surface area contributed by atoms with E-state index in [9.17, 15) is 19.5 Å². The molecule has 8 atom stereocenters. The maximum absolute atomic E-state index is 14.2. The fourth-order valence-corrected chi connectivity index (χ4v) is 9.94. The van der Waals surface area contributed by atoms with Crippen LogP contribution in [0.3, 0.4) is 0 Å². The topological polar surface area (TPSA) is 74.7 Å². The number of aliphatic carboxylic acids is 1. The Morgan fingerprint density at radius 2 is 1.78 bits per heavy atom. The SMILES string of the molecule is CC(C)C1=C[C@@]23CC[C@H]4[C@@](C)(CCC[C@]4(C)C(=O)O)[C@@H]2C[C@@H]1[C@@H]1C(=O)N(Cc2ccccc2)C(=O)[C@@H]13. The van der Waals surface area contributed by atoms with Gasteiger partial charge in [-0.1, -0.05) is 69.2 Å². The van der Waals surface area contributed by atoms with Crippen LogP contribution in [0.25, 0.3) is 0 Å². The Bertz CT molecular complexity index is 1160. The smallest absolute Gasteiger partial charge is 0.309 e. The second kappa shape index (κ2) is 7.79. The summed E-state index contributed by atoms with van der Waals surface area (Å²) in [7, 11) is 0. The van der Waals surface area contributed by atoms with Gasteiger partial charge in [-0.05, 0) is 73.7 Å². The van der Waals surface area contributed by atoms with Gasteiger partial charge in [0.1, 0.15) is 0 Å². The van der Waals surface area contributed by atoms with Crippen LogP contribution in [0.5, 0.6) is 0 Å². The summed E-state index contributed by atoms with van der Waals surface area (Å²) in [4.78, 5) is 42.2. The maximum Gasteiger partial charge on any atom is 0.309 e. The first-order chi connectivity index (χ1) is 17.0. The molecule has 1 aliphatic heterocycles. The van der Waals surface area contributed by atoms with Gasteiger partial charge in [0.25, 0.3) is 0 Å². The molecule has 4 fully saturated rings. The molecule has 7 rings (SSSR count). The Morgan fingerprint density at radius 3 is 2.44 bits per heavy atom. The first-order valence-corrected chi connectivity index (χ1v) is 13.9. The fourth-order valence-electron chi connectivity index (χ4n) is 9.94. The molecule has 1 saturated heterocycles. The number of allylic oxidation sites excluding steroid dienone is 2. The van der Waals surface area contributed by atoms with Crippen molar-refractivity contribution in [2.45, 2.75) is 72.8 Å². The highest BCUT2D eigenvalue weighted by Crippen LogP contribution is 2.74. The van der Waals surface area contributed by atoms with Crippen LogP contribution in [0, 0.1) is 51.8 Å². The normalized spacial score (nSPS) is 43.2. The molecule has 5 heteroatoms. The van der Waals surface area contributed by atoms with E-state index in [1.807, 2.05) is 37.3 Å². The fraction of sp³-hybridized carbons (Fsp3) is 0.645. The van der Waals surface area contributed by atoms with Crippen LogP contribution in [0.15, 0.2) is 42.0 Å². The van der Waals surface area contributed by atoms with Gasteiger partial charge in [0.15, 0.2) is 0 Å². The molecule has 1 aromatic rings. The van der Waals surface area contributed by atoms with Crippen molar-refractivity contribution < 1.29 is 19.5 Å². The van der Waals surface area contributed by atoms with Crippen LogP contribution < -0.4 is 0 Å². The number of likely N-dealkylation sites (tertiary alicyclic amines) is 1. The molecule has 36 heavy (non-hydrogen) atoms. The zero-order valence-electron chi connectivity index (χ0n) is 22.0. The zero-order chi connectivity index (χ0) is 25.6. The summed E-state index contributed by atoms with van der Waals surface area (Å²) in [6.45, 7) is 9.05. The molecule has 1 heterocycles. The molecule has 6 aliphatic rings. The Hall–Kier alpha value is -2.43. The van der Waals surface area contributed by atoms with Crippen LogP contribution in [0.4, 0.5) is 0 Å². The van der Waals surface area contributed by atoms with E-state index in [1.165, 1.54) is 5.57 Å². The van der Waals surface area contributed by atoms with Crippen molar-refractivity contribution in [3.63, 3.8) is 0 Å². The van der Waals surface area contributed by atoms with Crippen LogP contribution in [0.2, 0.25) is 0 Å². The summed E-state index contributed by atoms with van der Waals surface area (Å²) in [5, 5.41) is 10.3. The molecule has 1 aromatic carbocycles. The standard InChI is InChI=1S/C31H39NO4/c1-18(2)21-16-31-14-11-22-29(3,12-8-13-30(22,4)28(35)36)23(31)15-20(21)24-25(31)27(34)32(26(24)33)17-19-9-6-5-7-10-19/h5-7,9-10,16,18,20,22-25H,8,11-15,17H2,1-4H3,(H,35,36)/t20-,22-,23-,24-,25+,29+,30-,31-/m0/s1. The van der Waals surface area contributed by atoms with Crippen molar-refractivity contribution in [1.29, 1.82) is 0 Å². The molecule has 1 spiro atoms. The molecule has 3 saturated carbocycles. The molecule has 0 aromatic heterocycles. The van der Waals surface area contributed by atoms with Gasteiger partial charge < -0.3 is 5.11 Å². The predicted molar refractivity (Wildman–Crippen MR) is 136 cm³/mol.